The summed E-state index contributed by atoms with van der Waals surface area (Å²) < 4.78 is 10.3. The van der Waals surface area contributed by atoms with Gasteiger partial charge in [0.1, 0.15) is 11.3 Å². The first-order chi connectivity index (χ1) is 15.3. The van der Waals surface area contributed by atoms with E-state index in [1.807, 2.05) is 30.3 Å². The quantitative estimate of drug-likeness (QED) is 0.455. The van der Waals surface area contributed by atoms with Gasteiger partial charge in [-0.25, -0.2) is 14.4 Å². The van der Waals surface area contributed by atoms with Gasteiger partial charge in [0.2, 0.25) is 0 Å². The lowest BCUT2D eigenvalue weighted by atomic mass is 9.86. The summed E-state index contributed by atoms with van der Waals surface area (Å²) in [6.07, 6.45) is 1.41. The first-order valence-electron chi connectivity index (χ1n) is 10.0. The topological polar surface area (TPSA) is 125 Å². The molecule has 1 heterocycles. The number of carboxylic acids is 2. The standard InChI is InChI=1S/C21H26N2O3.C2H2O4/c1-25-19-10-8-18(9-11-19)22-21(20(24)26-2)12-14-23(15-13-21)16-17-6-4-3-5-7-17;3-1(4)2(5)6/h3-11,22H,12-16H2,1-2H3;(H,3,4)(H,5,6). The number of carboxylic acid groups (broad SMARTS) is 2. The SMILES string of the molecule is COC(=O)C1(Nc2ccc(OC)cc2)CCN(Cc2ccccc2)CC1.O=C(O)C(=O)O. The van der Waals surface area contributed by atoms with Crippen LogP contribution in [0.25, 0.3) is 0 Å². The number of methoxy groups -OCH3 is 2. The maximum Gasteiger partial charge on any atom is 0.414 e. The Balaban J connectivity index is 0.000000534. The number of carbonyl (C=O) groups is 3. The highest BCUT2D eigenvalue weighted by molar-refractivity contribution is 6.27. The molecule has 0 radical (unpaired) electrons. The van der Waals surface area contributed by atoms with Crippen LogP contribution < -0.4 is 10.1 Å². The van der Waals surface area contributed by atoms with Crippen molar-refractivity contribution in [3.05, 3.63) is 60.2 Å². The van der Waals surface area contributed by atoms with Crippen LogP contribution in [0.1, 0.15) is 18.4 Å². The lowest BCUT2D eigenvalue weighted by molar-refractivity contribution is -0.159. The average Bonchev–Trinajstić information content (AvgIpc) is 2.81. The van der Waals surface area contributed by atoms with E-state index >= 15 is 0 Å². The van der Waals surface area contributed by atoms with Crippen molar-refractivity contribution in [1.82, 2.24) is 4.90 Å². The van der Waals surface area contributed by atoms with Gasteiger partial charge in [-0.3, -0.25) is 4.90 Å². The molecule has 0 amide bonds. The second kappa shape index (κ2) is 11.7. The zero-order valence-electron chi connectivity index (χ0n) is 18.1. The van der Waals surface area contributed by atoms with Gasteiger partial charge in [0, 0.05) is 25.3 Å². The molecule has 9 nitrogen and oxygen atoms in total. The Bertz CT molecular complexity index is 880. The smallest absolute Gasteiger partial charge is 0.414 e. The zero-order chi connectivity index (χ0) is 23.6. The number of benzene rings is 2. The van der Waals surface area contributed by atoms with Crippen LogP contribution in [0, 0.1) is 0 Å². The molecule has 0 atom stereocenters. The minimum atomic E-state index is -1.82. The largest absolute Gasteiger partial charge is 0.497 e. The average molecular weight is 444 g/mol. The summed E-state index contributed by atoms with van der Waals surface area (Å²) in [5.74, 6) is -3.06. The van der Waals surface area contributed by atoms with E-state index in [1.54, 1.807) is 7.11 Å². The minimum Gasteiger partial charge on any atom is -0.497 e. The van der Waals surface area contributed by atoms with Crippen LogP contribution in [0.3, 0.4) is 0 Å². The number of nitrogens with one attached hydrogen (secondary N) is 1. The maximum absolute atomic E-state index is 12.6. The summed E-state index contributed by atoms with van der Waals surface area (Å²) in [4.78, 5) is 33.1. The van der Waals surface area contributed by atoms with Gasteiger partial charge in [-0.05, 0) is 42.7 Å². The van der Waals surface area contributed by atoms with Crippen LogP contribution in [0.15, 0.2) is 54.6 Å². The van der Waals surface area contributed by atoms with Crippen molar-refractivity contribution in [2.24, 2.45) is 0 Å². The van der Waals surface area contributed by atoms with Gasteiger partial charge in [-0.15, -0.1) is 0 Å². The monoisotopic (exact) mass is 444 g/mol. The first-order valence-corrected chi connectivity index (χ1v) is 10.0. The third-order valence-electron chi connectivity index (χ3n) is 5.19. The third-order valence-corrected chi connectivity index (χ3v) is 5.19. The molecule has 1 aliphatic heterocycles. The van der Waals surface area contributed by atoms with Crippen LogP contribution in [0.2, 0.25) is 0 Å². The van der Waals surface area contributed by atoms with E-state index in [2.05, 4.69) is 34.5 Å². The fourth-order valence-electron chi connectivity index (χ4n) is 3.46. The predicted octanol–water partition coefficient (Wildman–Crippen LogP) is 2.47. The summed E-state index contributed by atoms with van der Waals surface area (Å²) in [5.41, 5.74) is 1.50. The fourth-order valence-corrected chi connectivity index (χ4v) is 3.46. The van der Waals surface area contributed by atoms with Gasteiger partial charge >= 0.3 is 17.9 Å². The number of nitrogens with zero attached hydrogens (tertiary/aromatic N) is 1. The van der Waals surface area contributed by atoms with Crippen LogP contribution in [-0.2, 0) is 25.7 Å². The van der Waals surface area contributed by atoms with Gasteiger partial charge in [-0.1, -0.05) is 30.3 Å². The predicted molar refractivity (Wildman–Crippen MR) is 118 cm³/mol. The second-order valence-electron chi connectivity index (χ2n) is 7.30. The maximum atomic E-state index is 12.6. The van der Waals surface area contributed by atoms with Gasteiger partial charge in [-0.2, -0.15) is 0 Å². The summed E-state index contributed by atoms with van der Waals surface area (Å²) in [5, 5.41) is 18.2. The lowest BCUT2D eigenvalue weighted by Crippen LogP contribution is -2.54. The number of esters is 1. The van der Waals surface area contributed by atoms with E-state index in [4.69, 9.17) is 29.3 Å². The number of ether oxygens (including phenoxy) is 2. The molecule has 0 unspecified atom stereocenters. The fraction of sp³-hybridized carbons (Fsp3) is 0.348. The molecule has 3 rings (SSSR count). The van der Waals surface area contributed by atoms with Crippen molar-refractivity contribution < 1.29 is 34.1 Å². The van der Waals surface area contributed by atoms with Crippen molar-refractivity contribution in [2.75, 3.05) is 32.6 Å². The molecule has 0 saturated carbocycles. The number of carbonyl (C=O) groups excluding carboxylic acids is 1. The number of aliphatic carboxylic acids is 2. The molecule has 0 spiro atoms. The van der Waals surface area contributed by atoms with Gasteiger partial charge in [0.05, 0.1) is 14.2 Å². The Labute approximate surface area is 186 Å². The molecule has 1 aliphatic rings. The normalized spacial score (nSPS) is 14.9. The van der Waals surface area contributed by atoms with Gasteiger partial charge in [0.15, 0.2) is 0 Å². The molecule has 1 fully saturated rings. The molecule has 9 heteroatoms. The highest BCUT2D eigenvalue weighted by Gasteiger charge is 2.42. The Hall–Kier alpha value is -3.59. The van der Waals surface area contributed by atoms with Crippen molar-refractivity contribution in [2.45, 2.75) is 24.9 Å². The van der Waals surface area contributed by atoms with E-state index in [9.17, 15) is 4.79 Å². The number of rotatable bonds is 6. The molecule has 0 aliphatic carbocycles. The van der Waals surface area contributed by atoms with E-state index < -0.39 is 17.5 Å². The molecule has 2 aromatic carbocycles. The molecular formula is C23H28N2O7. The Kier molecular flexibility index (Phi) is 9.03. The third kappa shape index (κ3) is 6.98. The Morgan fingerprint density at radius 3 is 1.97 bits per heavy atom. The van der Waals surface area contributed by atoms with Crippen molar-refractivity contribution >= 4 is 23.6 Å². The Morgan fingerprint density at radius 1 is 0.938 bits per heavy atom. The molecule has 172 valence electrons. The summed E-state index contributed by atoms with van der Waals surface area (Å²) >= 11 is 0. The molecule has 1 saturated heterocycles. The molecule has 32 heavy (non-hydrogen) atoms. The van der Waals surface area contributed by atoms with Crippen molar-refractivity contribution in [1.29, 1.82) is 0 Å². The molecule has 2 aromatic rings. The number of anilines is 1. The molecular weight excluding hydrogens is 416 g/mol. The number of piperidine rings is 1. The molecule has 0 bridgehead atoms. The Morgan fingerprint density at radius 2 is 1.50 bits per heavy atom. The number of likely N-dealkylation sites (tertiary alicyclic amines) is 1. The van der Waals surface area contributed by atoms with E-state index in [1.165, 1.54) is 12.7 Å². The van der Waals surface area contributed by atoms with Crippen LogP contribution in [0.5, 0.6) is 5.75 Å². The van der Waals surface area contributed by atoms with Crippen LogP contribution >= 0.6 is 0 Å². The van der Waals surface area contributed by atoms with Crippen LogP contribution in [0.4, 0.5) is 5.69 Å². The van der Waals surface area contributed by atoms with Crippen molar-refractivity contribution in [3.63, 3.8) is 0 Å². The number of hydrogen-bond acceptors (Lipinski definition) is 7. The highest BCUT2D eigenvalue weighted by Crippen LogP contribution is 2.30. The molecule has 3 N–H and O–H groups in total. The first kappa shape index (κ1) is 24.7. The van der Waals surface area contributed by atoms with Crippen molar-refractivity contribution in [3.8, 4) is 5.75 Å². The lowest BCUT2D eigenvalue weighted by Gasteiger charge is -2.40. The van der Waals surface area contributed by atoms with Crippen LogP contribution in [-0.4, -0.2) is 65.9 Å². The number of hydrogen-bond donors (Lipinski definition) is 3. The zero-order valence-corrected chi connectivity index (χ0v) is 18.1. The highest BCUT2D eigenvalue weighted by atomic mass is 16.5. The second-order valence-corrected chi connectivity index (χ2v) is 7.30. The van der Waals surface area contributed by atoms with E-state index in [0.29, 0.717) is 12.8 Å². The summed E-state index contributed by atoms with van der Waals surface area (Å²) in [6, 6.07) is 18.1. The minimum absolute atomic E-state index is 0.201. The van der Waals surface area contributed by atoms with Gasteiger partial charge < -0.3 is 25.0 Å². The van der Waals surface area contributed by atoms with E-state index in [-0.39, 0.29) is 5.97 Å². The summed E-state index contributed by atoms with van der Waals surface area (Å²) in [7, 11) is 3.09. The van der Waals surface area contributed by atoms with Gasteiger partial charge in [0.25, 0.3) is 0 Å². The molecule has 0 aromatic heterocycles. The summed E-state index contributed by atoms with van der Waals surface area (Å²) in [6.45, 7) is 2.58. The van der Waals surface area contributed by atoms with E-state index in [0.717, 1.165) is 31.1 Å².